The summed E-state index contributed by atoms with van der Waals surface area (Å²) in [6.07, 6.45) is 1.82. The van der Waals surface area contributed by atoms with Crippen LogP contribution in [0.2, 0.25) is 0 Å². The van der Waals surface area contributed by atoms with Gasteiger partial charge in [-0.3, -0.25) is 15.2 Å². The molecule has 0 atom stereocenters. The summed E-state index contributed by atoms with van der Waals surface area (Å²) in [6.45, 7) is 5.84. The van der Waals surface area contributed by atoms with Gasteiger partial charge in [0.15, 0.2) is 0 Å². The largest absolute Gasteiger partial charge is 0.507 e. The van der Waals surface area contributed by atoms with Gasteiger partial charge in [0.05, 0.1) is 5.69 Å². The molecule has 2 heterocycles. The minimum absolute atomic E-state index is 0.164. The van der Waals surface area contributed by atoms with Gasteiger partial charge in [0.2, 0.25) is 5.13 Å². The van der Waals surface area contributed by atoms with Crippen LogP contribution in [0.4, 0.5) is 5.13 Å². The minimum atomic E-state index is -0.346. The second kappa shape index (κ2) is 7.02. The Bertz CT molecular complexity index is 916. The van der Waals surface area contributed by atoms with E-state index in [1.165, 1.54) is 11.3 Å². The van der Waals surface area contributed by atoms with E-state index in [0.717, 1.165) is 29.0 Å². The van der Waals surface area contributed by atoms with E-state index in [1.807, 2.05) is 26.0 Å². The summed E-state index contributed by atoms with van der Waals surface area (Å²) in [5.74, 6) is -0.181. The summed E-state index contributed by atoms with van der Waals surface area (Å²) in [6, 6.07) is 5.33. The van der Waals surface area contributed by atoms with Gasteiger partial charge in [-0.1, -0.05) is 24.3 Å². The van der Waals surface area contributed by atoms with E-state index in [1.54, 1.807) is 6.07 Å². The molecule has 0 aliphatic heterocycles. The molecule has 0 radical (unpaired) electrons. The van der Waals surface area contributed by atoms with Gasteiger partial charge in [-0.2, -0.15) is 5.10 Å². The number of nitrogens with one attached hydrogen (secondary N) is 2. The van der Waals surface area contributed by atoms with Gasteiger partial charge in [-0.05, 0) is 43.5 Å². The van der Waals surface area contributed by atoms with Crippen LogP contribution < -0.4 is 5.32 Å². The Labute approximate surface area is 149 Å². The van der Waals surface area contributed by atoms with Crippen molar-refractivity contribution in [3.05, 3.63) is 40.0 Å². The third kappa shape index (κ3) is 3.69. The molecule has 0 fully saturated rings. The van der Waals surface area contributed by atoms with Crippen molar-refractivity contribution in [2.75, 3.05) is 5.32 Å². The Morgan fingerprint density at radius 2 is 2.08 bits per heavy atom. The summed E-state index contributed by atoms with van der Waals surface area (Å²) in [7, 11) is 0. The third-order valence-corrected chi connectivity index (χ3v) is 4.59. The summed E-state index contributed by atoms with van der Waals surface area (Å²) in [4.78, 5) is 12.3. The number of amides is 1. The maximum Gasteiger partial charge on any atom is 0.275 e. The molecule has 130 valence electrons. The number of hydrogen-bond acceptors (Lipinski definition) is 6. The normalized spacial score (nSPS) is 10.8. The summed E-state index contributed by atoms with van der Waals surface area (Å²) in [5.41, 5.74) is 3.17. The van der Waals surface area contributed by atoms with Gasteiger partial charge in [0.25, 0.3) is 5.91 Å². The molecule has 0 saturated heterocycles. The van der Waals surface area contributed by atoms with Gasteiger partial charge < -0.3 is 5.11 Å². The maximum atomic E-state index is 12.3. The van der Waals surface area contributed by atoms with Crippen molar-refractivity contribution in [3.8, 4) is 17.0 Å². The molecule has 1 aromatic carbocycles. The number of phenolic OH excluding ortho intramolecular Hbond substituents is 1. The average molecular weight is 357 g/mol. The van der Waals surface area contributed by atoms with Crippen LogP contribution in [-0.4, -0.2) is 31.4 Å². The van der Waals surface area contributed by atoms with Crippen LogP contribution in [0.3, 0.4) is 0 Å². The van der Waals surface area contributed by atoms with Crippen molar-refractivity contribution in [1.29, 1.82) is 0 Å². The molecule has 0 saturated carbocycles. The van der Waals surface area contributed by atoms with Crippen LogP contribution in [0, 0.1) is 13.8 Å². The smallest absolute Gasteiger partial charge is 0.275 e. The van der Waals surface area contributed by atoms with E-state index in [0.29, 0.717) is 22.1 Å². The summed E-state index contributed by atoms with van der Waals surface area (Å²) in [5, 5.41) is 29.2. The predicted molar refractivity (Wildman–Crippen MR) is 97.0 cm³/mol. The molecule has 0 unspecified atom stereocenters. The standard InChI is InChI=1S/C17H19N5O2S/c1-4-5-14-21-22-17(25-14)18-16(24)13-8-12(19-20-13)11-7-9(2)6-10(3)15(11)23/h6-8,23H,4-5H2,1-3H3,(H,19,20)(H,18,22,24). The summed E-state index contributed by atoms with van der Waals surface area (Å²) >= 11 is 1.36. The van der Waals surface area contributed by atoms with Gasteiger partial charge in [0.1, 0.15) is 16.5 Å². The molecule has 3 rings (SSSR count). The van der Waals surface area contributed by atoms with Gasteiger partial charge in [0, 0.05) is 12.0 Å². The number of anilines is 1. The van der Waals surface area contributed by atoms with Gasteiger partial charge in [-0.25, -0.2) is 0 Å². The zero-order chi connectivity index (χ0) is 18.0. The monoisotopic (exact) mass is 357 g/mol. The molecule has 8 heteroatoms. The maximum absolute atomic E-state index is 12.3. The lowest BCUT2D eigenvalue weighted by Crippen LogP contribution is -2.12. The van der Waals surface area contributed by atoms with E-state index in [4.69, 9.17) is 0 Å². The van der Waals surface area contributed by atoms with E-state index >= 15 is 0 Å². The Hall–Kier alpha value is -2.74. The number of carbonyl (C=O) groups excluding carboxylic acids is 1. The number of rotatable bonds is 5. The molecule has 3 N–H and O–H groups in total. The van der Waals surface area contributed by atoms with Crippen LogP contribution in [0.15, 0.2) is 18.2 Å². The number of hydrogen-bond donors (Lipinski definition) is 3. The van der Waals surface area contributed by atoms with Crippen LogP contribution in [0.1, 0.15) is 40.0 Å². The molecule has 1 amide bonds. The number of aryl methyl sites for hydroxylation is 3. The average Bonchev–Trinajstić information content (AvgIpc) is 3.21. The molecule has 0 aliphatic rings. The van der Waals surface area contributed by atoms with Crippen molar-refractivity contribution < 1.29 is 9.90 Å². The number of aromatic hydroxyl groups is 1. The summed E-state index contributed by atoms with van der Waals surface area (Å²) < 4.78 is 0. The van der Waals surface area contributed by atoms with Gasteiger partial charge in [-0.15, -0.1) is 10.2 Å². The zero-order valence-electron chi connectivity index (χ0n) is 14.3. The molecule has 0 aliphatic carbocycles. The lowest BCUT2D eigenvalue weighted by molar-refractivity contribution is 0.102. The third-order valence-electron chi connectivity index (χ3n) is 3.69. The SMILES string of the molecule is CCCc1nnc(NC(=O)c2cc(-c3cc(C)cc(C)c3O)n[nH]2)s1. The fraction of sp³-hybridized carbons (Fsp3) is 0.294. The molecular weight excluding hydrogens is 338 g/mol. The first kappa shape index (κ1) is 17.1. The van der Waals surface area contributed by atoms with E-state index < -0.39 is 0 Å². The molecular formula is C17H19N5O2S. The van der Waals surface area contributed by atoms with Crippen LogP contribution in [-0.2, 0) is 6.42 Å². The lowest BCUT2D eigenvalue weighted by atomic mass is 10.0. The topological polar surface area (TPSA) is 104 Å². The zero-order valence-corrected chi connectivity index (χ0v) is 15.1. The van der Waals surface area contributed by atoms with Crippen molar-refractivity contribution in [1.82, 2.24) is 20.4 Å². The molecule has 3 aromatic rings. The molecule has 2 aromatic heterocycles. The Kier molecular flexibility index (Phi) is 4.80. The van der Waals surface area contributed by atoms with Crippen LogP contribution in [0.25, 0.3) is 11.3 Å². The van der Waals surface area contributed by atoms with E-state index in [-0.39, 0.29) is 11.7 Å². The van der Waals surface area contributed by atoms with Gasteiger partial charge >= 0.3 is 0 Å². The number of carbonyl (C=O) groups is 1. The number of aromatic amines is 1. The van der Waals surface area contributed by atoms with Crippen LogP contribution in [0.5, 0.6) is 5.75 Å². The number of benzene rings is 1. The van der Waals surface area contributed by atoms with Crippen LogP contribution >= 0.6 is 11.3 Å². The van der Waals surface area contributed by atoms with Crippen molar-refractivity contribution >= 4 is 22.4 Å². The minimum Gasteiger partial charge on any atom is -0.507 e. The molecule has 0 bridgehead atoms. The Balaban J connectivity index is 1.80. The first-order valence-corrected chi connectivity index (χ1v) is 8.79. The highest BCUT2D eigenvalue weighted by atomic mass is 32.1. The second-order valence-corrected chi connectivity index (χ2v) is 6.91. The number of phenols is 1. The Morgan fingerprint density at radius 3 is 2.84 bits per heavy atom. The highest BCUT2D eigenvalue weighted by Gasteiger charge is 2.16. The first-order valence-electron chi connectivity index (χ1n) is 7.97. The number of aromatic nitrogens is 4. The fourth-order valence-corrected chi connectivity index (χ4v) is 3.35. The molecule has 0 spiro atoms. The number of nitrogens with zero attached hydrogens (tertiary/aromatic N) is 3. The second-order valence-electron chi connectivity index (χ2n) is 5.85. The number of H-pyrrole nitrogens is 1. The quantitative estimate of drug-likeness (QED) is 0.649. The highest BCUT2D eigenvalue weighted by Crippen LogP contribution is 2.32. The first-order chi connectivity index (χ1) is 12.0. The lowest BCUT2D eigenvalue weighted by Gasteiger charge is -2.06. The van der Waals surface area contributed by atoms with Crippen molar-refractivity contribution in [2.24, 2.45) is 0 Å². The van der Waals surface area contributed by atoms with E-state index in [9.17, 15) is 9.90 Å². The molecule has 7 nitrogen and oxygen atoms in total. The highest BCUT2D eigenvalue weighted by molar-refractivity contribution is 7.15. The van der Waals surface area contributed by atoms with Crippen molar-refractivity contribution in [3.63, 3.8) is 0 Å². The Morgan fingerprint density at radius 1 is 1.28 bits per heavy atom. The van der Waals surface area contributed by atoms with Crippen molar-refractivity contribution in [2.45, 2.75) is 33.6 Å². The van der Waals surface area contributed by atoms with E-state index in [2.05, 4.69) is 32.6 Å². The fourth-order valence-electron chi connectivity index (χ4n) is 2.51. The predicted octanol–water partition coefficient (Wildman–Crippen LogP) is 3.46. The molecule has 25 heavy (non-hydrogen) atoms.